The summed E-state index contributed by atoms with van der Waals surface area (Å²) in [6.07, 6.45) is -4.85. The molecule has 268 valence electrons. The summed E-state index contributed by atoms with van der Waals surface area (Å²) in [7, 11) is 2.08. The van der Waals surface area contributed by atoms with Gasteiger partial charge in [-0.05, 0) is 65.4 Å². The fourth-order valence-electron chi connectivity index (χ4n) is 6.82. The second-order valence-electron chi connectivity index (χ2n) is 13.2. The Balaban J connectivity index is 1.16. The minimum absolute atomic E-state index is 0.0348. The van der Waals surface area contributed by atoms with Crippen molar-refractivity contribution in [3.05, 3.63) is 131 Å². The standard InChI is InChI=1S/C40H42F3N3O5/c1-45(24-27-8-3-2-4-9-27)25-34-22-36(30-17-15-28(26-47)16-18-30)51-38(50-34)33-13-6-12-32(21-33)31-11-5-10-29(20-31)23-44-37(48)35-14-7-19-46(35)39(49)40(41,42)43/h2-6,8-13,15-18,20-21,34-36,38,47H,7,14,19,22-26H2,1H3,(H,44,48)/t34-,35-,36+,38+/m0/s1. The maximum absolute atomic E-state index is 13.1. The van der Waals surface area contributed by atoms with E-state index in [4.69, 9.17) is 9.47 Å². The van der Waals surface area contributed by atoms with Crippen LogP contribution in [0.25, 0.3) is 11.1 Å². The summed E-state index contributed by atoms with van der Waals surface area (Å²) in [5.41, 5.74) is 6.43. The zero-order chi connectivity index (χ0) is 36.0. The first-order chi connectivity index (χ1) is 24.6. The summed E-state index contributed by atoms with van der Waals surface area (Å²) in [6.45, 7) is 1.43. The van der Waals surface area contributed by atoms with Gasteiger partial charge < -0.3 is 24.8 Å². The lowest BCUT2D eigenvalue weighted by atomic mass is 9.98. The SMILES string of the molecule is CN(Cc1ccccc1)C[C@@H]1C[C@H](c2ccc(CO)cc2)O[C@H](c2cccc(-c3cccc(CNC(=O)[C@@H]4CCCN4C(=O)C(F)(F)F)c3)c2)O1. The van der Waals surface area contributed by atoms with E-state index in [1.165, 1.54) is 5.56 Å². The molecule has 0 aromatic heterocycles. The number of alkyl halides is 3. The quantitative estimate of drug-likeness (QED) is 0.181. The Morgan fingerprint density at radius 1 is 0.863 bits per heavy atom. The highest BCUT2D eigenvalue weighted by atomic mass is 19.4. The van der Waals surface area contributed by atoms with Crippen LogP contribution in [0, 0.1) is 0 Å². The van der Waals surface area contributed by atoms with E-state index >= 15 is 0 Å². The molecule has 2 heterocycles. The summed E-state index contributed by atoms with van der Waals surface area (Å²) < 4.78 is 52.4. The van der Waals surface area contributed by atoms with E-state index < -0.39 is 30.3 Å². The minimum Gasteiger partial charge on any atom is -0.392 e. The number of amides is 2. The van der Waals surface area contributed by atoms with Crippen molar-refractivity contribution >= 4 is 11.8 Å². The minimum atomic E-state index is -5.02. The highest BCUT2D eigenvalue weighted by molar-refractivity contribution is 5.90. The number of carbonyl (C=O) groups is 2. The van der Waals surface area contributed by atoms with E-state index in [-0.39, 0.29) is 38.3 Å². The smallest absolute Gasteiger partial charge is 0.392 e. The Morgan fingerprint density at radius 3 is 2.29 bits per heavy atom. The molecule has 0 bridgehead atoms. The molecule has 8 nitrogen and oxygen atoms in total. The largest absolute Gasteiger partial charge is 0.471 e. The summed E-state index contributed by atoms with van der Waals surface area (Å²) in [5.74, 6) is -2.59. The number of likely N-dealkylation sites (tertiary alicyclic amines) is 1. The molecule has 0 aliphatic carbocycles. The van der Waals surface area contributed by atoms with Gasteiger partial charge in [0.15, 0.2) is 6.29 Å². The van der Waals surface area contributed by atoms with Crippen molar-refractivity contribution in [2.24, 2.45) is 0 Å². The van der Waals surface area contributed by atoms with Gasteiger partial charge in [0.05, 0.1) is 18.8 Å². The molecule has 2 aliphatic heterocycles. The van der Waals surface area contributed by atoms with Crippen LogP contribution in [0.2, 0.25) is 0 Å². The van der Waals surface area contributed by atoms with Crippen LogP contribution in [-0.4, -0.2) is 65.2 Å². The Hall–Kier alpha value is -4.55. The zero-order valence-corrected chi connectivity index (χ0v) is 28.4. The zero-order valence-electron chi connectivity index (χ0n) is 28.4. The van der Waals surface area contributed by atoms with Gasteiger partial charge in [0.1, 0.15) is 6.04 Å². The van der Waals surface area contributed by atoms with Gasteiger partial charge in [-0.25, -0.2) is 0 Å². The average molecular weight is 702 g/mol. The average Bonchev–Trinajstić information content (AvgIpc) is 3.64. The Bertz CT molecular complexity index is 1790. The Kier molecular flexibility index (Phi) is 11.5. The number of benzene rings is 4. The topological polar surface area (TPSA) is 91.3 Å². The number of hydrogen-bond acceptors (Lipinski definition) is 6. The van der Waals surface area contributed by atoms with Crippen LogP contribution < -0.4 is 5.32 Å². The van der Waals surface area contributed by atoms with E-state index in [0.29, 0.717) is 24.3 Å². The van der Waals surface area contributed by atoms with E-state index in [1.54, 1.807) is 0 Å². The van der Waals surface area contributed by atoms with Crippen LogP contribution in [0.15, 0.2) is 103 Å². The lowest BCUT2D eigenvalue weighted by Gasteiger charge is -2.38. The molecule has 6 rings (SSSR count). The Labute approximate surface area is 295 Å². The van der Waals surface area contributed by atoms with Crippen molar-refractivity contribution < 1.29 is 37.3 Å². The fraction of sp³-hybridized carbons (Fsp3) is 0.350. The molecule has 2 aliphatic rings. The predicted molar refractivity (Wildman–Crippen MR) is 186 cm³/mol. The van der Waals surface area contributed by atoms with Gasteiger partial charge in [0, 0.05) is 38.2 Å². The van der Waals surface area contributed by atoms with Crippen LogP contribution in [0.4, 0.5) is 13.2 Å². The first-order valence-corrected chi connectivity index (χ1v) is 17.1. The predicted octanol–water partition coefficient (Wildman–Crippen LogP) is 6.69. The van der Waals surface area contributed by atoms with Gasteiger partial charge in [-0.3, -0.25) is 14.5 Å². The van der Waals surface area contributed by atoms with Crippen molar-refractivity contribution in [2.75, 3.05) is 20.1 Å². The molecule has 4 aromatic carbocycles. The molecule has 2 N–H and O–H groups in total. The maximum atomic E-state index is 13.1. The number of nitrogens with one attached hydrogen (secondary N) is 1. The van der Waals surface area contributed by atoms with Crippen LogP contribution in [0.1, 0.15) is 59.5 Å². The van der Waals surface area contributed by atoms with Gasteiger partial charge in [0.25, 0.3) is 0 Å². The molecule has 51 heavy (non-hydrogen) atoms. The van der Waals surface area contributed by atoms with Gasteiger partial charge in [-0.1, -0.05) is 91.0 Å². The van der Waals surface area contributed by atoms with Crippen molar-refractivity contribution in [1.29, 1.82) is 0 Å². The van der Waals surface area contributed by atoms with Gasteiger partial charge in [-0.2, -0.15) is 13.2 Å². The molecular weight excluding hydrogens is 659 g/mol. The second kappa shape index (κ2) is 16.2. The van der Waals surface area contributed by atoms with Gasteiger partial charge in [-0.15, -0.1) is 0 Å². The number of aliphatic hydroxyl groups is 1. The highest BCUT2D eigenvalue weighted by Gasteiger charge is 2.47. The molecule has 0 radical (unpaired) electrons. The lowest BCUT2D eigenvalue weighted by Crippen LogP contribution is -2.50. The molecule has 11 heteroatoms. The molecule has 4 aromatic rings. The number of likely N-dealkylation sites (N-methyl/N-ethyl adjacent to an activating group) is 1. The molecular formula is C40H42F3N3O5. The van der Waals surface area contributed by atoms with Gasteiger partial charge in [0.2, 0.25) is 5.91 Å². The summed E-state index contributed by atoms with van der Waals surface area (Å²) in [6, 6.07) is 32.4. The van der Waals surface area contributed by atoms with Crippen molar-refractivity contribution in [3.8, 4) is 11.1 Å². The van der Waals surface area contributed by atoms with Crippen LogP contribution in [0.5, 0.6) is 0 Å². The van der Waals surface area contributed by atoms with E-state index in [0.717, 1.165) is 39.9 Å². The van der Waals surface area contributed by atoms with Crippen molar-refractivity contribution in [2.45, 2.75) is 69.7 Å². The molecule has 4 atom stereocenters. The highest BCUT2D eigenvalue weighted by Crippen LogP contribution is 2.39. The van der Waals surface area contributed by atoms with Crippen LogP contribution in [0.3, 0.4) is 0 Å². The lowest BCUT2D eigenvalue weighted by molar-refractivity contribution is -0.252. The third kappa shape index (κ3) is 9.22. The first-order valence-electron chi connectivity index (χ1n) is 17.1. The van der Waals surface area contributed by atoms with E-state index in [1.807, 2.05) is 91.0 Å². The molecule has 2 saturated heterocycles. The molecule has 2 fully saturated rings. The van der Waals surface area contributed by atoms with Crippen molar-refractivity contribution in [1.82, 2.24) is 15.1 Å². The number of hydrogen-bond donors (Lipinski definition) is 2. The summed E-state index contributed by atoms with van der Waals surface area (Å²) in [4.78, 5) is 27.6. The number of ether oxygens (including phenoxy) is 2. The third-order valence-electron chi connectivity index (χ3n) is 9.37. The third-order valence-corrected chi connectivity index (χ3v) is 9.37. The Morgan fingerprint density at radius 2 is 1.57 bits per heavy atom. The first kappa shape index (κ1) is 36.2. The van der Waals surface area contributed by atoms with Crippen LogP contribution >= 0.6 is 0 Å². The van der Waals surface area contributed by atoms with Crippen LogP contribution in [-0.2, 0) is 38.8 Å². The molecule has 0 saturated carbocycles. The molecule has 0 unspecified atom stereocenters. The van der Waals surface area contributed by atoms with E-state index in [9.17, 15) is 27.9 Å². The second-order valence-corrected chi connectivity index (χ2v) is 13.2. The van der Waals surface area contributed by atoms with Gasteiger partial charge >= 0.3 is 12.1 Å². The molecule has 2 amide bonds. The molecule has 0 spiro atoms. The number of aliphatic hydroxyl groups excluding tert-OH is 1. The number of rotatable bonds is 11. The normalized spacial score (nSPS) is 20.8. The van der Waals surface area contributed by atoms with Crippen molar-refractivity contribution in [3.63, 3.8) is 0 Å². The summed E-state index contributed by atoms with van der Waals surface area (Å²) in [5, 5.41) is 12.3. The van der Waals surface area contributed by atoms with E-state index in [2.05, 4.69) is 29.4 Å². The number of halogens is 3. The summed E-state index contributed by atoms with van der Waals surface area (Å²) >= 11 is 0. The monoisotopic (exact) mass is 701 g/mol. The fourth-order valence-corrected chi connectivity index (χ4v) is 6.82. The number of carbonyl (C=O) groups excluding carboxylic acids is 2. The number of nitrogens with zero attached hydrogens (tertiary/aromatic N) is 2. The maximum Gasteiger partial charge on any atom is 0.471 e.